The number of rotatable bonds is 6. The summed E-state index contributed by atoms with van der Waals surface area (Å²) in [4.78, 5) is 0.186. The van der Waals surface area contributed by atoms with E-state index in [1.807, 2.05) is 0 Å². The lowest BCUT2D eigenvalue weighted by molar-refractivity contribution is 0.539. The van der Waals surface area contributed by atoms with E-state index in [0.29, 0.717) is 12.6 Å². The quantitative estimate of drug-likeness (QED) is 0.792. The predicted octanol–water partition coefficient (Wildman–Crippen LogP) is 0.511. The minimum atomic E-state index is -3.59. The molecule has 1 aliphatic rings. The molecule has 1 unspecified atom stereocenters. The van der Waals surface area contributed by atoms with E-state index in [4.69, 9.17) is 0 Å². The van der Waals surface area contributed by atoms with Crippen LogP contribution in [0.4, 0.5) is 0 Å². The van der Waals surface area contributed by atoms with Crippen molar-refractivity contribution < 1.29 is 16.8 Å². The third-order valence-corrected chi connectivity index (χ3v) is 6.11. The van der Waals surface area contributed by atoms with Crippen molar-refractivity contribution >= 4 is 19.9 Å². The first-order valence-electron chi connectivity index (χ1n) is 6.82. The molecule has 0 radical (unpaired) electrons. The van der Waals surface area contributed by atoms with Crippen LogP contribution in [0.25, 0.3) is 0 Å². The zero-order valence-corrected chi connectivity index (χ0v) is 13.5. The summed E-state index contributed by atoms with van der Waals surface area (Å²) in [7, 11) is -6.90. The number of hydrogen-bond donors (Lipinski definition) is 2. The molecule has 0 amide bonds. The molecule has 1 aromatic rings. The van der Waals surface area contributed by atoms with Gasteiger partial charge >= 0.3 is 0 Å². The van der Waals surface area contributed by atoms with Crippen LogP contribution in [0.3, 0.4) is 0 Å². The maximum absolute atomic E-state index is 12.1. The number of benzene rings is 1. The Labute approximate surface area is 125 Å². The van der Waals surface area contributed by atoms with Gasteiger partial charge in [0, 0.05) is 18.8 Å². The van der Waals surface area contributed by atoms with Crippen LogP contribution in [0.15, 0.2) is 34.1 Å². The van der Waals surface area contributed by atoms with Gasteiger partial charge in [-0.2, -0.15) is 0 Å². The summed E-state index contributed by atoms with van der Waals surface area (Å²) in [5.41, 5.74) is 0. The third kappa shape index (κ3) is 4.50. The summed E-state index contributed by atoms with van der Waals surface area (Å²) in [5.74, 6) is 0. The van der Waals surface area contributed by atoms with Gasteiger partial charge in [0.25, 0.3) is 0 Å². The summed E-state index contributed by atoms with van der Waals surface area (Å²) in [6, 6.07) is 5.62. The lowest BCUT2D eigenvalue weighted by Crippen LogP contribution is -2.30. The van der Waals surface area contributed by atoms with E-state index in [1.165, 1.54) is 24.3 Å². The minimum Gasteiger partial charge on any atom is -0.314 e. The monoisotopic (exact) mass is 332 g/mol. The van der Waals surface area contributed by atoms with Gasteiger partial charge in [0.2, 0.25) is 10.0 Å². The average Bonchev–Trinajstić information content (AvgIpc) is 2.91. The molecular weight excluding hydrogens is 312 g/mol. The van der Waals surface area contributed by atoms with E-state index in [2.05, 4.69) is 10.0 Å². The van der Waals surface area contributed by atoms with Gasteiger partial charge in [-0.1, -0.05) is 0 Å². The Kier molecular flexibility index (Phi) is 5.03. The standard InChI is InChI=1S/C13H20N2O4S2/c1-20(16,17)12-4-6-13(7-5-12)21(18,19)15-10-8-11-3-2-9-14-11/h4-7,11,14-15H,2-3,8-10H2,1H3. The second-order valence-corrected chi connectivity index (χ2v) is 9.01. The van der Waals surface area contributed by atoms with Gasteiger partial charge in [0.05, 0.1) is 9.79 Å². The number of sulfonamides is 1. The van der Waals surface area contributed by atoms with Gasteiger partial charge in [0.1, 0.15) is 0 Å². The molecule has 1 heterocycles. The average molecular weight is 332 g/mol. The summed E-state index contributed by atoms with van der Waals surface area (Å²) in [5, 5.41) is 3.31. The molecule has 0 saturated carbocycles. The van der Waals surface area contributed by atoms with Crippen LogP contribution >= 0.6 is 0 Å². The Bertz CT molecular complexity index is 675. The van der Waals surface area contributed by atoms with Gasteiger partial charge in [0.15, 0.2) is 9.84 Å². The highest BCUT2D eigenvalue weighted by Crippen LogP contribution is 2.14. The molecule has 1 atom stereocenters. The molecule has 1 aliphatic heterocycles. The van der Waals surface area contributed by atoms with Crippen LogP contribution in [0, 0.1) is 0 Å². The molecule has 1 saturated heterocycles. The fraction of sp³-hybridized carbons (Fsp3) is 0.538. The van der Waals surface area contributed by atoms with Crippen molar-refractivity contribution in [2.75, 3.05) is 19.3 Å². The molecule has 2 rings (SSSR count). The zero-order chi connectivity index (χ0) is 15.5. The van der Waals surface area contributed by atoms with Gasteiger partial charge < -0.3 is 5.32 Å². The van der Waals surface area contributed by atoms with E-state index >= 15 is 0 Å². The highest BCUT2D eigenvalue weighted by atomic mass is 32.2. The first-order chi connectivity index (χ1) is 9.79. The van der Waals surface area contributed by atoms with Gasteiger partial charge in [-0.15, -0.1) is 0 Å². The second-order valence-electron chi connectivity index (χ2n) is 5.22. The zero-order valence-electron chi connectivity index (χ0n) is 11.9. The van der Waals surface area contributed by atoms with Crippen LogP contribution in [0.5, 0.6) is 0 Å². The highest BCUT2D eigenvalue weighted by molar-refractivity contribution is 7.90. The summed E-state index contributed by atoms with van der Waals surface area (Å²) in [6.07, 6.45) is 4.04. The van der Waals surface area contributed by atoms with Crippen LogP contribution < -0.4 is 10.0 Å². The van der Waals surface area contributed by atoms with E-state index in [0.717, 1.165) is 32.1 Å². The fourth-order valence-electron chi connectivity index (χ4n) is 2.32. The molecule has 1 aromatic carbocycles. The van der Waals surface area contributed by atoms with E-state index in [-0.39, 0.29) is 9.79 Å². The van der Waals surface area contributed by atoms with Gasteiger partial charge in [-0.25, -0.2) is 21.6 Å². The Morgan fingerprint density at radius 2 is 1.76 bits per heavy atom. The second kappa shape index (κ2) is 6.43. The first kappa shape index (κ1) is 16.4. The predicted molar refractivity (Wildman–Crippen MR) is 80.4 cm³/mol. The van der Waals surface area contributed by atoms with E-state index in [1.54, 1.807) is 0 Å². The smallest absolute Gasteiger partial charge is 0.240 e. The molecule has 8 heteroatoms. The van der Waals surface area contributed by atoms with Crippen molar-refractivity contribution in [2.45, 2.75) is 35.1 Å². The fourth-order valence-corrected chi connectivity index (χ4v) is 4.00. The normalized spacial score (nSPS) is 19.8. The Morgan fingerprint density at radius 1 is 1.14 bits per heavy atom. The van der Waals surface area contributed by atoms with Crippen LogP contribution in [-0.4, -0.2) is 42.2 Å². The van der Waals surface area contributed by atoms with Crippen molar-refractivity contribution in [3.05, 3.63) is 24.3 Å². The van der Waals surface area contributed by atoms with E-state index in [9.17, 15) is 16.8 Å². The topological polar surface area (TPSA) is 92.3 Å². The molecule has 2 N–H and O–H groups in total. The third-order valence-electron chi connectivity index (χ3n) is 3.51. The first-order valence-corrected chi connectivity index (χ1v) is 10.2. The Morgan fingerprint density at radius 3 is 2.29 bits per heavy atom. The largest absolute Gasteiger partial charge is 0.314 e. The van der Waals surface area contributed by atoms with Crippen LogP contribution in [-0.2, 0) is 19.9 Å². The summed E-state index contributed by atoms with van der Waals surface area (Å²) < 4.78 is 49.4. The number of hydrogen-bond acceptors (Lipinski definition) is 5. The van der Waals surface area contributed by atoms with Crippen molar-refractivity contribution in [1.29, 1.82) is 0 Å². The molecule has 118 valence electrons. The van der Waals surface area contributed by atoms with Crippen LogP contribution in [0.2, 0.25) is 0 Å². The molecule has 6 nitrogen and oxygen atoms in total. The molecule has 0 spiro atoms. The molecule has 0 bridgehead atoms. The van der Waals surface area contributed by atoms with Gasteiger partial charge in [-0.3, -0.25) is 0 Å². The lowest BCUT2D eigenvalue weighted by atomic mass is 10.2. The Balaban J connectivity index is 1.98. The molecule has 1 fully saturated rings. The Hall–Kier alpha value is -0.960. The van der Waals surface area contributed by atoms with Crippen molar-refractivity contribution in [2.24, 2.45) is 0 Å². The van der Waals surface area contributed by atoms with Crippen LogP contribution in [0.1, 0.15) is 19.3 Å². The van der Waals surface area contributed by atoms with Crippen molar-refractivity contribution in [1.82, 2.24) is 10.0 Å². The number of sulfone groups is 1. The number of nitrogens with one attached hydrogen (secondary N) is 2. The molecular formula is C13H20N2O4S2. The highest BCUT2D eigenvalue weighted by Gasteiger charge is 2.17. The van der Waals surface area contributed by atoms with Gasteiger partial charge in [-0.05, 0) is 50.1 Å². The van der Waals surface area contributed by atoms with Crippen molar-refractivity contribution in [3.8, 4) is 0 Å². The lowest BCUT2D eigenvalue weighted by Gasteiger charge is -2.11. The van der Waals surface area contributed by atoms with E-state index < -0.39 is 19.9 Å². The van der Waals surface area contributed by atoms with Crippen molar-refractivity contribution in [3.63, 3.8) is 0 Å². The maximum Gasteiger partial charge on any atom is 0.240 e. The SMILES string of the molecule is CS(=O)(=O)c1ccc(S(=O)(=O)NCCC2CCCN2)cc1. The minimum absolute atomic E-state index is 0.0780. The summed E-state index contributed by atoms with van der Waals surface area (Å²) >= 11 is 0. The summed E-state index contributed by atoms with van der Waals surface area (Å²) in [6.45, 7) is 1.36. The maximum atomic E-state index is 12.1. The molecule has 0 aliphatic carbocycles. The molecule has 0 aromatic heterocycles. The molecule has 21 heavy (non-hydrogen) atoms.